The van der Waals surface area contributed by atoms with Crippen molar-refractivity contribution in [2.24, 2.45) is 5.92 Å². The molecule has 5 heteroatoms. The number of fused-ring (bicyclic) bond motifs is 2. The number of para-hydroxylation sites is 1. The van der Waals surface area contributed by atoms with Gasteiger partial charge in [-0.2, -0.15) is 0 Å². The van der Waals surface area contributed by atoms with Gasteiger partial charge in [-0.05, 0) is 36.2 Å². The van der Waals surface area contributed by atoms with E-state index < -0.39 is 0 Å². The fourth-order valence-corrected chi connectivity index (χ4v) is 3.33. The van der Waals surface area contributed by atoms with Crippen LogP contribution in [0.1, 0.15) is 29.9 Å². The highest BCUT2D eigenvalue weighted by Crippen LogP contribution is 2.17. The third kappa shape index (κ3) is 3.83. The predicted molar refractivity (Wildman–Crippen MR) is 111 cm³/mol. The second kappa shape index (κ2) is 7.72. The summed E-state index contributed by atoms with van der Waals surface area (Å²) in [7, 11) is 0. The minimum absolute atomic E-state index is 0.0174. The second-order valence-electron chi connectivity index (χ2n) is 7.33. The Morgan fingerprint density at radius 3 is 2.54 bits per heavy atom. The molecule has 0 atom stereocenters. The molecule has 5 nitrogen and oxygen atoms in total. The largest absolute Gasteiger partial charge is 0.332 e. The van der Waals surface area contributed by atoms with E-state index in [1.54, 1.807) is 12.4 Å². The van der Waals surface area contributed by atoms with E-state index in [2.05, 4.69) is 29.9 Å². The van der Waals surface area contributed by atoms with Crippen molar-refractivity contribution in [3.63, 3.8) is 0 Å². The summed E-state index contributed by atoms with van der Waals surface area (Å²) in [6.45, 7) is 5.35. The molecule has 0 fully saturated rings. The number of amides is 1. The molecule has 0 aliphatic rings. The highest BCUT2D eigenvalue weighted by Gasteiger charge is 2.19. The number of hydrogen-bond donors (Lipinski definition) is 0. The number of carbonyl (C=O) groups is 1. The van der Waals surface area contributed by atoms with E-state index in [9.17, 15) is 4.79 Å². The van der Waals surface area contributed by atoms with Gasteiger partial charge < -0.3 is 4.90 Å². The summed E-state index contributed by atoms with van der Waals surface area (Å²) in [6.07, 6.45) is 3.29. The lowest BCUT2D eigenvalue weighted by Gasteiger charge is -2.24. The monoisotopic (exact) mass is 370 g/mol. The number of aromatic nitrogens is 3. The van der Waals surface area contributed by atoms with Crippen molar-refractivity contribution >= 4 is 27.8 Å². The van der Waals surface area contributed by atoms with Gasteiger partial charge in [0.25, 0.3) is 5.91 Å². The standard InChI is InChI=1S/C23H22N4O/c1-16(2)14-27(15-19-9-7-17-5-3-4-6-20(17)26-19)23(28)18-8-10-21-22(13-18)25-12-11-24-21/h3-13,16H,14-15H2,1-2H3. The van der Waals surface area contributed by atoms with Gasteiger partial charge >= 0.3 is 0 Å². The molecule has 0 saturated heterocycles. The van der Waals surface area contributed by atoms with Crippen LogP contribution in [0, 0.1) is 5.92 Å². The molecule has 0 radical (unpaired) electrons. The molecule has 2 heterocycles. The molecule has 140 valence electrons. The van der Waals surface area contributed by atoms with Crippen LogP contribution in [0.2, 0.25) is 0 Å². The molecule has 4 rings (SSSR count). The Balaban J connectivity index is 1.64. The number of pyridine rings is 1. The summed E-state index contributed by atoms with van der Waals surface area (Å²) < 4.78 is 0. The van der Waals surface area contributed by atoms with Crippen molar-refractivity contribution in [2.45, 2.75) is 20.4 Å². The van der Waals surface area contributed by atoms with Crippen LogP contribution < -0.4 is 0 Å². The summed E-state index contributed by atoms with van der Waals surface area (Å²) in [5, 5.41) is 1.10. The van der Waals surface area contributed by atoms with Gasteiger partial charge in [0.2, 0.25) is 0 Å². The van der Waals surface area contributed by atoms with Crippen molar-refractivity contribution in [3.05, 3.63) is 78.2 Å². The summed E-state index contributed by atoms with van der Waals surface area (Å²) in [4.78, 5) is 28.4. The Kier molecular flexibility index (Phi) is 4.98. The quantitative estimate of drug-likeness (QED) is 0.520. The average molecular weight is 370 g/mol. The van der Waals surface area contributed by atoms with Crippen LogP contribution in [-0.4, -0.2) is 32.3 Å². The first-order valence-corrected chi connectivity index (χ1v) is 9.45. The minimum Gasteiger partial charge on any atom is -0.332 e. The van der Waals surface area contributed by atoms with Crippen LogP contribution in [0.3, 0.4) is 0 Å². The maximum absolute atomic E-state index is 13.2. The molecule has 0 unspecified atom stereocenters. The zero-order valence-electron chi connectivity index (χ0n) is 16.0. The molecule has 2 aromatic carbocycles. The van der Waals surface area contributed by atoms with Gasteiger partial charge in [-0.1, -0.05) is 38.1 Å². The Hall–Kier alpha value is -3.34. The summed E-state index contributed by atoms with van der Waals surface area (Å²) in [6, 6.07) is 17.5. The first kappa shape index (κ1) is 18.0. The van der Waals surface area contributed by atoms with Crippen molar-refractivity contribution in [1.82, 2.24) is 19.9 Å². The fourth-order valence-electron chi connectivity index (χ4n) is 3.33. The zero-order valence-corrected chi connectivity index (χ0v) is 16.0. The third-order valence-corrected chi connectivity index (χ3v) is 4.60. The summed E-state index contributed by atoms with van der Waals surface area (Å²) >= 11 is 0. The SMILES string of the molecule is CC(C)CN(Cc1ccc2ccccc2n1)C(=O)c1ccc2nccnc2c1. The van der Waals surface area contributed by atoms with Crippen molar-refractivity contribution < 1.29 is 4.79 Å². The van der Waals surface area contributed by atoms with E-state index in [0.717, 1.165) is 27.6 Å². The molecule has 0 saturated carbocycles. The highest BCUT2D eigenvalue weighted by molar-refractivity contribution is 5.97. The lowest BCUT2D eigenvalue weighted by molar-refractivity contribution is 0.0720. The minimum atomic E-state index is -0.0174. The average Bonchev–Trinajstić information content (AvgIpc) is 2.72. The van der Waals surface area contributed by atoms with Gasteiger partial charge in [0.15, 0.2) is 0 Å². The Bertz CT molecular complexity index is 1140. The molecule has 0 spiro atoms. The van der Waals surface area contributed by atoms with Gasteiger partial charge in [-0.3, -0.25) is 19.7 Å². The van der Waals surface area contributed by atoms with Crippen molar-refractivity contribution in [1.29, 1.82) is 0 Å². The maximum atomic E-state index is 13.2. The maximum Gasteiger partial charge on any atom is 0.254 e. The number of hydrogen-bond acceptors (Lipinski definition) is 4. The van der Waals surface area contributed by atoms with Crippen LogP contribution >= 0.6 is 0 Å². The van der Waals surface area contributed by atoms with E-state index in [4.69, 9.17) is 4.98 Å². The molecule has 0 N–H and O–H groups in total. The lowest BCUT2D eigenvalue weighted by atomic mass is 10.1. The predicted octanol–water partition coefficient (Wildman–Crippen LogP) is 4.48. The molecule has 0 aliphatic carbocycles. The number of carbonyl (C=O) groups excluding carboxylic acids is 1. The first-order chi connectivity index (χ1) is 13.6. The smallest absolute Gasteiger partial charge is 0.254 e. The lowest BCUT2D eigenvalue weighted by Crippen LogP contribution is -2.34. The molecule has 1 amide bonds. The van der Waals surface area contributed by atoms with Gasteiger partial charge in [-0.25, -0.2) is 0 Å². The Morgan fingerprint density at radius 1 is 0.929 bits per heavy atom. The third-order valence-electron chi connectivity index (χ3n) is 4.60. The van der Waals surface area contributed by atoms with Gasteiger partial charge in [0.05, 0.1) is 28.8 Å². The number of nitrogens with zero attached hydrogens (tertiary/aromatic N) is 4. The van der Waals surface area contributed by atoms with Gasteiger partial charge in [0, 0.05) is 29.9 Å². The fraction of sp³-hybridized carbons (Fsp3) is 0.217. The van der Waals surface area contributed by atoms with Crippen LogP contribution in [0.25, 0.3) is 21.9 Å². The number of benzene rings is 2. The second-order valence-corrected chi connectivity index (χ2v) is 7.33. The molecular formula is C23H22N4O. The Labute approximate surface area is 164 Å². The van der Waals surface area contributed by atoms with Gasteiger partial charge in [-0.15, -0.1) is 0 Å². The van der Waals surface area contributed by atoms with E-state index >= 15 is 0 Å². The van der Waals surface area contributed by atoms with Crippen molar-refractivity contribution in [2.75, 3.05) is 6.54 Å². The molecular weight excluding hydrogens is 348 g/mol. The highest BCUT2D eigenvalue weighted by atomic mass is 16.2. The van der Waals surface area contributed by atoms with Crippen LogP contribution in [-0.2, 0) is 6.54 Å². The molecule has 2 aromatic heterocycles. The van der Waals surface area contributed by atoms with E-state index in [0.29, 0.717) is 24.6 Å². The van der Waals surface area contributed by atoms with E-state index in [-0.39, 0.29) is 5.91 Å². The summed E-state index contributed by atoms with van der Waals surface area (Å²) in [5.41, 5.74) is 3.95. The van der Waals surface area contributed by atoms with Crippen LogP contribution in [0.5, 0.6) is 0 Å². The molecule has 4 aromatic rings. The van der Waals surface area contributed by atoms with Crippen molar-refractivity contribution in [3.8, 4) is 0 Å². The summed E-state index contributed by atoms with van der Waals surface area (Å²) in [5.74, 6) is 0.334. The van der Waals surface area contributed by atoms with Gasteiger partial charge in [0.1, 0.15) is 0 Å². The molecule has 28 heavy (non-hydrogen) atoms. The zero-order chi connectivity index (χ0) is 19.5. The first-order valence-electron chi connectivity index (χ1n) is 9.45. The Morgan fingerprint density at radius 2 is 1.71 bits per heavy atom. The normalized spacial score (nSPS) is 11.2. The van der Waals surface area contributed by atoms with E-state index in [1.165, 1.54) is 0 Å². The van der Waals surface area contributed by atoms with E-state index in [1.807, 2.05) is 53.4 Å². The molecule has 0 bridgehead atoms. The van der Waals surface area contributed by atoms with Crippen LogP contribution in [0.15, 0.2) is 67.0 Å². The van der Waals surface area contributed by atoms with Crippen LogP contribution in [0.4, 0.5) is 0 Å². The molecule has 0 aliphatic heterocycles. The number of rotatable bonds is 5. The topological polar surface area (TPSA) is 59.0 Å².